The van der Waals surface area contributed by atoms with Crippen LogP contribution in [0.15, 0.2) is 88.6 Å². The summed E-state index contributed by atoms with van der Waals surface area (Å²) in [5, 5.41) is 18.3. The third-order valence-electron chi connectivity index (χ3n) is 5.32. The van der Waals surface area contributed by atoms with Crippen molar-refractivity contribution >= 4 is 47.0 Å². The summed E-state index contributed by atoms with van der Waals surface area (Å²) in [7, 11) is 1.34. The summed E-state index contributed by atoms with van der Waals surface area (Å²) >= 11 is 5.98. The first-order valence-electron chi connectivity index (χ1n) is 11.4. The Morgan fingerprint density at radius 1 is 1.02 bits per heavy atom. The number of nitrogens with one attached hydrogen (secondary N) is 2. The largest absolute Gasteiger partial charge is 0.496 e. The summed E-state index contributed by atoms with van der Waals surface area (Å²) in [6, 6.07) is 17.2. The van der Waals surface area contributed by atoms with Gasteiger partial charge in [-0.1, -0.05) is 17.7 Å². The van der Waals surface area contributed by atoms with Gasteiger partial charge >= 0.3 is 11.7 Å². The van der Waals surface area contributed by atoms with Crippen LogP contribution in [0, 0.1) is 10.1 Å². The second-order valence-corrected chi connectivity index (χ2v) is 8.33. The van der Waals surface area contributed by atoms with Gasteiger partial charge in [0.25, 0.3) is 11.8 Å². The van der Waals surface area contributed by atoms with E-state index in [0.717, 1.165) is 12.3 Å². The van der Waals surface area contributed by atoms with Crippen molar-refractivity contribution in [3.05, 3.63) is 117 Å². The third-order valence-corrected chi connectivity index (χ3v) is 5.55. The van der Waals surface area contributed by atoms with E-state index in [2.05, 4.69) is 15.8 Å². The molecule has 13 heteroatoms. The number of amides is 2. The second kappa shape index (κ2) is 12.4. The number of rotatable bonds is 9. The average molecular weight is 563 g/mol. The Hall–Kier alpha value is -5.49. The van der Waals surface area contributed by atoms with Crippen molar-refractivity contribution in [3.63, 3.8) is 0 Å². The molecule has 0 aliphatic rings. The molecule has 0 fully saturated rings. The topological polar surface area (TPSA) is 162 Å². The summed E-state index contributed by atoms with van der Waals surface area (Å²) in [6.07, 6.45) is 2.47. The Morgan fingerprint density at radius 2 is 1.80 bits per heavy atom. The molecule has 2 N–H and O–H groups in total. The molecule has 0 aliphatic carbocycles. The highest BCUT2D eigenvalue weighted by atomic mass is 35.5. The quantitative estimate of drug-likeness (QED) is 0.0937. The molecule has 0 saturated heterocycles. The molecule has 0 atom stereocenters. The molecule has 2 amide bonds. The molecule has 1 heterocycles. The number of methoxy groups -OCH3 is 1. The van der Waals surface area contributed by atoms with Crippen LogP contribution in [0.25, 0.3) is 0 Å². The molecule has 0 aliphatic heterocycles. The van der Waals surface area contributed by atoms with E-state index in [4.69, 9.17) is 25.5 Å². The van der Waals surface area contributed by atoms with Gasteiger partial charge < -0.3 is 19.2 Å². The summed E-state index contributed by atoms with van der Waals surface area (Å²) < 4.78 is 15.6. The molecule has 0 saturated carbocycles. The van der Waals surface area contributed by atoms with E-state index in [-0.39, 0.29) is 33.2 Å². The minimum absolute atomic E-state index is 0.0415. The highest BCUT2D eigenvalue weighted by molar-refractivity contribution is 6.31. The first kappa shape index (κ1) is 27.5. The summed E-state index contributed by atoms with van der Waals surface area (Å²) in [6.45, 7) is 0. The van der Waals surface area contributed by atoms with E-state index < -0.39 is 34.1 Å². The number of hydrogen-bond donors (Lipinski definition) is 2. The van der Waals surface area contributed by atoms with Crippen LogP contribution >= 0.6 is 11.6 Å². The van der Waals surface area contributed by atoms with Gasteiger partial charge in [-0.15, -0.1) is 0 Å². The molecule has 0 spiro atoms. The van der Waals surface area contributed by atoms with Gasteiger partial charge in [-0.05, 0) is 60.7 Å². The molecular formula is C27H19ClN4O8. The zero-order chi connectivity index (χ0) is 28.6. The maximum Gasteiger partial charge on any atom is 0.347 e. The number of nitro groups is 1. The zero-order valence-electron chi connectivity index (χ0n) is 20.6. The molecule has 0 unspecified atom stereocenters. The summed E-state index contributed by atoms with van der Waals surface area (Å²) in [5.41, 5.74) is 2.43. The van der Waals surface area contributed by atoms with Gasteiger partial charge in [0.05, 0.1) is 24.5 Å². The number of ether oxygens (including phenoxy) is 2. The number of nitrogens with zero attached hydrogens (tertiary/aromatic N) is 2. The first-order chi connectivity index (χ1) is 19.3. The predicted molar refractivity (Wildman–Crippen MR) is 144 cm³/mol. The van der Waals surface area contributed by atoms with Crippen LogP contribution in [0.2, 0.25) is 5.02 Å². The van der Waals surface area contributed by atoms with Crippen molar-refractivity contribution in [2.45, 2.75) is 0 Å². The highest BCUT2D eigenvalue weighted by Gasteiger charge is 2.24. The maximum absolute atomic E-state index is 12.9. The number of hydrogen-bond acceptors (Lipinski definition) is 9. The number of esters is 1. The number of para-hydroxylation sites is 1. The van der Waals surface area contributed by atoms with E-state index in [1.807, 2.05) is 0 Å². The van der Waals surface area contributed by atoms with Gasteiger partial charge in [0.15, 0.2) is 5.76 Å². The molecule has 0 radical (unpaired) electrons. The van der Waals surface area contributed by atoms with Crippen molar-refractivity contribution < 1.29 is 33.2 Å². The fourth-order valence-corrected chi connectivity index (χ4v) is 3.59. The Balaban J connectivity index is 1.48. The number of carbonyl (C=O) groups excluding carboxylic acids is 3. The van der Waals surface area contributed by atoms with Crippen LogP contribution < -0.4 is 20.2 Å². The lowest BCUT2D eigenvalue weighted by Crippen LogP contribution is -2.18. The number of hydrazone groups is 1. The molecule has 12 nitrogen and oxygen atoms in total. The lowest BCUT2D eigenvalue weighted by atomic mass is 10.1. The monoisotopic (exact) mass is 562 g/mol. The van der Waals surface area contributed by atoms with Gasteiger partial charge in [0, 0.05) is 27.9 Å². The lowest BCUT2D eigenvalue weighted by molar-refractivity contribution is -0.385. The Bertz CT molecular complexity index is 1600. The number of nitro benzene ring substituents is 1. The minimum atomic E-state index is -0.952. The maximum atomic E-state index is 12.9. The summed E-state index contributed by atoms with van der Waals surface area (Å²) in [4.78, 5) is 48.4. The molecule has 40 heavy (non-hydrogen) atoms. The SMILES string of the molecule is COc1ccc(Cl)cc1C(=O)Oc1c(/C=N/NC(=O)c2ccc(NC(=O)c3ccco3)cc2)cccc1[N+](=O)[O-]. The van der Waals surface area contributed by atoms with E-state index in [9.17, 15) is 24.5 Å². The second-order valence-electron chi connectivity index (χ2n) is 7.89. The van der Waals surface area contributed by atoms with Gasteiger partial charge in [-0.3, -0.25) is 19.7 Å². The molecular weight excluding hydrogens is 544 g/mol. The first-order valence-corrected chi connectivity index (χ1v) is 11.8. The molecule has 1 aromatic heterocycles. The fraction of sp³-hybridized carbons (Fsp3) is 0.0370. The Morgan fingerprint density at radius 3 is 2.48 bits per heavy atom. The van der Waals surface area contributed by atoms with E-state index in [1.54, 1.807) is 6.07 Å². The minimum Gasteiger partial charge on any atom is -0.496 e. The molecule has 202 valence electrons. The molecule has 4 aromatic rings. The number of anilines is 1. The van der Waals surface area contributed by atoms with Crippen molar-refractivity contribution in [2.75, 3.05) is 12.4 Å². The van der Waals surface area contributed by atoms with Gasteiger partial charge in [-0.2, -0.15) is 5.10 Å². The third kappa shape index (κ3) is 6.49. The fourth-order valence-electron chi connectivity index (χ4n) is 3.42. The Kier molecular flexibility index (Phi) is 8.52. The molecule has 4 rings (SSSR count). The van der Waals surface area contributed by atoms with Crippen LogP contribution in [-0.2, 0) is 0 Å². The smallest absolute Gasteiger partial charge is 0.347 e. The number of halogens is 1. The molecule has 3 aromatic carbocycles. The standard InChI is InChI=1S/C27H19ClN4O8/c1-38-22-12-9-18(28)14-20(22)27(35)40-24-17(4-2-5-21(24)32(36)37)15-29-31-25(33)16-7-10-19(11-8-16)30-26(34)23-6-3-13-39-23/h2-15H,1H3,(H,30,34)(H,31,33)/b29-15+. The van der Waals surface area contributed by atoms with Crippen LogP contribution in [-0.4, -0.2) is 36.0 Å². The van der Waals surface area contributed by atoms with Crippen LogP contribution in [0.5, 0.6) is 11.5 Å². The lowest BCUT2D eigenvalue weighted by Gasteiger charge is -2.11. The average Bonchev–Trinajstić information content (AvgIpc) is 3.49. The Labute approximate surface area is 231 Å². The van der Waals surface area contributed by atoms with Crippen LogP contribution in [0.4, 0.5) is 11.4 Å². The van der Waals surface area contributed by atoms with Crippen molar-refractivity contribution in [3.8, 4) is 11.5 Å². The number of benzene rings is 3. The highest BCUT2D eigenvalue weighted by Crippen LogP contribution is 2.32. The van der Waals surface area contributed by atoms with Gasteiger partial charge in [0.1, 0.15) is 11.3 Å². The van der Waals surface area contributed by atoms with Crippen LogP contribution in [0.1, 0.15) is 36.8 Å². The van der Waals surface area contributed by atoms with Crippen molar-refractivity contribution in [1.29, 1.82) is 0 Å². The predicted octanol–water partition coefficient (Wildman–Crippen LogP) is 5.09. The zero-order valence-corrected chi connectivity index (χ0v) is 21.4. The van der Waals surface area contributed by atoms with E-state index in [1.165, 1.54) is 74.0 Å². The van der Waals surface area contributed by atoms with Gasteiger partial charge in [-0.25, -0.2) is 10.2 Å². The number of furan rings is 1. The number of carbonyl (C=O) groups is 3. The molecule has 0 bridgehead atoms. The summed E-state index contributed by atoms with van der Waals surface area (Å²) in [5.74, 6) is -2.11. The van der Waals surface area contributed by atoms with Crippen LogP contribution in [0.3, 0.4) is 0 Å². The van der Waals surface area contributed by atoms with E-state index >= 15 is 0 Å². The van der Waals surface area contributed by atoms with Gasteiger partial charge in [0.2, 0.25) is 5.75 Å². The van der Waals surface area contributed by atoms with Crippen molar-refractivity contribution in [2.24, 2.45) is 5.10 Å². The van der Waals surface area contributed by atoms with E-state index in [0.29, 0.717) is 5.69 Å². The normalized spacial score (nSPS) is 10.7. The van der Waals surface area contributed by atoms with Crippen molar-refractivity contribution in [1.82, 2.24) is 5.43 Å².